The Balaban J connectivity index is 2.24. The van der Waals surface area contributed by atoms with Gasteiger partial charge in [0.25, 0.3) is 0 Å². The summed E-state index contributed by atoms with van der Waals surface area (Å²) in [5, 5.41) is 2.82. The zero-order valence-corrected chi connectivity index (χ0v) is 11.4. The third kappa shape index (κ3) is 2.72. The fraction of sp³-hybridized carbons (Fsp3) is 0.400. The van der Waals surface area contributed by atoms with Crippen LogP contribution in [0, 0.1) is 0 Å². The highest BCUT2D eigenvalue weighted by atomic mass is 16.6. The molecule has 102 valence electrons. The van der Waals surface area contributed by atoms with Crippen molar-refractivity contribution in [2.45, 2.75) is 19.3 Å². The zero-order valence-electron chi connectivity index (χ0n) is 11.4. The Morgan fingerprint density at radius 2 is 2.05 bits per heavy atom. The summed E-state index contributed by atoms with van der Waals surface area (Å²) in [5.41, 5.74) is 0.275. The van der Waals surface area contributed by atoms with Crippen molar-refractivity contribution in [3.05, 3.63) is 36.4 Å². The van der Waals surface area contributed by atoms with Gasteiger partial charge in [0.1, 0.15) is 13.2 Å². The normalized spacial score (nSPS) is 13.8. The van der Waals surface area contributed by atoms with E-state index in [2.05, 4.69) is 11.9 Å². The number of carbonyl (C=O) groups excluding carboxylic acids is 1. The summed E-state index contributed by atoms with van der Waals surface area (Å²) < 4.78 is 11.0. The molecule has 0 aromatic heterocycles. The number of ether oxygens (including phenoxy) is 2. The summed E-state index contributed by atoms with van der Waals surface area (Å²) in [6.45, 7) is 8.94. The lowest BCUT2D eigenvalue weighted by Gasteiger charge is -2.26. The van der Waals surface area contributed by atoms with Gasteiger partial charge in [-0.1, -0.05) is 12.1 Å². The van der Waals surface area contributed by atoms with Crippen molar-refractivity contribution < 1.29 is 14.3 Å². The number of rotatable bonds is 4. The fourth-order valence-corrected chi connectivity index (χ4v) is 1.95. The average molecular weight is 261 g/mol. The lowest BCUT2D eigenvalue weighted by molar-refractivity contribution is -0.125. The number of hydrogen-bond acceptors (Lipinski definition) is 3. The van der Waals surface area contributed by atoms with Crippen LogP contribution in [0.5, 0.6) is 11.5 Å². The van der Waals surface area contributed by atoms with Crippen molar-refractivity contribution in [3.63, 3.8) is 0 Å². The van der Waals surface area contributed by atoms with Crippen LogP contribution in [0.4, 0.5) is 0 Å². The quantitative estimate of drug-likeness (QED) is 0.844. The van der Waals surface area contributed by atoms with Gasteiger partial charge in [-0.15, -0.1) is 6.58 Å². The first-order valence-corrected chi connectivity index (χ1v) is 6.35. The molecule has 1 aliphatic heterocycles. The van der Waals surface area contributed by atoms with E-state index in [4.69, 9.17) is 9.47 Å². The van der Waals surface area contributed by atoms with E-state index in [9.17, 15) is 4.79 Å². The second kappa shape index (κ2) is 5.34. The maximum absolute atomic E-state index is 12.2. The molecule has 0 radical (unpaired) electrons. The van der Waals surface area contributed by atoms with E-state index < -0.39 is 5.41 Å². The molecule has 0 unspecified atom stereocenters. The summed E-state index contributed by atoms with van der Waals surface area (Å²) in [4.78, 5) is 12.2. The molecule has 1 aromatic rings. The summed E-state index contributed by atoms with van der Waals surface area (Å²) in [7, 11) is 0. The van der Waals surface area contributed by atoms with Crippen LogP contribution in [0.25, 0.3) is 0 Å². The molecule has 1 amide bonds. The first kappa shape index (κ1) is 13.5. The Morgan fingerprint density at radius 3 is 2.74 bits per heavy atom. The van der Waals surface area contributed by atoms with Gasteiger partial charge in [0.2, 0.25) is 5.91 Å². The molecule has 0 saturated heterocycles. The molecule has 0 atom stereocenters. The molecule has 0 fully saturated rings. The van der Waals surface area contributed by atoms with Crippen LogP contribution in [0.2, 0.25) is 0 Å². The van der Waals surface area contributed by atoms with Crippen molar-refractivity contribution in [1.29, 1.82) is 0 Å². The molecule has 19 heavy (non-hydrogen) atoms. The van der Waals surface area contributed by atoms with Crippen molar-refractivity contribution in [2.24, 2.45) is 0 Å². The second-order valence-electron chi connectivity index (χ2n) is 4.98. The van der Waals surface area contributed by atoms with Gasteiger partial charge in [0.05, 0.1) is 5.41 Å². The molecule has 1 aliphatic rings. The molecule has 4 heteroatoms. The highest BCUT2D eigenvalue weighted by Gasteiger charge is 2.30. The topological polar surface area (TPSA) is 47.6 Å². The van der Waals surface area contributed by atoms with Crippen LogP contribution in [-0.2, 0) is 10.2 Å². The molecule has 0 spiro atoms. The minimum absolute atomic E-state index is 0.0379. The summed E-state index contributed by atoms with van der Waals surface area (Å²) in [5.74, 6) is 1.40. The molecule has 1 N–H and O–H groups in total. The van der Waals surface area contributed by atoms with Gasteiger partial charge in [-0.2, -0.15) is 0 Å². The van der Waals surface area contributed by atoms with Crippen molar-refractivity contribution in [2.75, 3.05) is 19.8 Å². The maximum atomic E-state index is 12.2. The molecule has 0 bridgehead atoms. The van der Waals surface area contributed by atoms with Crippen molar-refractivity contribution in [3.8, 4) is 11.5 Å². The molecule has 1 heterocycles. The predicted molar refractivity (Wildman–Crippen MR) is 73.7 cm³/mol. The monoisotopic (exact) mass is 261 g/mol. The Morgan fingerprint density at radius 1 is 1.37 bits per heavy atom. The van der Waals surface area contributed by atoms with Gasteiger partial charge in [-0.05, 0) is 31.5 Å². The standard InChI is InChI=1S/C15H19NO3/c1-4-7-16-14(17)15(2,3)11-5-6-12-13(10-11)19-9-8-18-12/h4-6,10H,1,7-9H2,2-3H3,(H,16,17). The van der Waals surface area contributed by atoms with Crippen molar-refractivity contribution in [1.82, 2.24) is 5.32 Å². The molecule has 1 aromatic carbocycles. The molecular weight excluding hydrogens is 242 g/mol. The van der Waals surface area contributed by atoms with E-state index in [0.717, 1.165) is 11.3 Å². The van der Waals surface area contributed by atoms with E-state index >= 15 is 0 Å². The lowest BCUT2D eigenvalue weighted by atomic mass is 9.83. The average Bonchev–Trinajstić information content (AvgIpc) is 2.44. The highest BCUT2D eigenvalue weighted by Crippen LogP contribution is 2.35. The first-order chi connectivity index (χ1) is 9.05. The molecule has 0 aliphatic carbocycles. The predicted octanol–water partition coefficient (Wildman–Crippen LogP) is 2.04. The molecule has 2 rings (SSSR count). The number of fused-ring (bicyclic) bond motifs is 1. The van der Waals surface area contributed by atoms with E-state index in [0.29, 0.717) is 25.5 Å². The van der Waals surface area contributed by atoms with E-state index in [1.54, 1.807) is 6.08 Å². The largest absolute Gasteiger partial charge is 0.486 e. The summed E-state index contributed by atoms with van der Waals surface area (Å²) in [6, 6.07) is 5.63. The van der Waals surface area contributed by atoms with Crippen LogP contribution in [-0.4, -0.2) is 25.7 Å². The number of benzene rings is 1. The molecule has 4 nitrogen and oxygen atoms in total. The van der Waals surface area contributed by atoms with Crippen LogP contribution < -0.4 is 14.8 Å². The fourth-order valence-electron chi connectivity index (χ4n) is 1.95. The Hall–Kier alpha value is -1.97. The van der Waals surface area contributed by atoms with Crippen LogP contribution in [0.15, 0.2) is 30.9 Å². The Bertz CT molecular complexity index is 494. The van der Waals surface area contributed by atoms with E-state index in [1.165, 1.54) is 0 Å². The minimum Gasteiger partial charge on any atom is -0.486 e. The molecular formula is C15H19NO3. The van der Waals surface area contributed by atoms with Crippen LogP contribution >= 0.6 is 0 Å². The smallest absolute Gasteiger partial charge is 0.230 e. The van der Waals surface area contributed by atoms with Gasteiger partial charge in [0, 0.05) is 6.54 Å². The third-order valence-corrected chi connectivity index (χ3v) is 3.24. The van der Waals surface area contributed by atoms with Gasteiger partial charge >= 0.3 is 0 Å². The number of amides is 1. The van der Waals surface area contributed by atoms with Gasteiger partial charge in [-0.3, -0.25) is 4.79 Å². The van der Waals surface area contributed by atoms with E-state index in [1.807, 2.05) is 32.0 Å². The second-order valence-corrected chi connectivity index (χ2v) is 4.98. The van der Waals surface area contributed by atoms with Crippen LogP contribution in [0.1, 0.15) is 19.4 Å². The Kier molecular flexibility index (Phi) is 3.79. The van der Waals surface area contributed by atoms with Gasteiger partial charge in [-0.25, -0.2) is 0 Å². The summed E-state index contributed by atoms with van der Waals surface area (Å²) in [6.07, 6.45) is 1.66. The lowest BCUT2D eigenvalue weighted by Crippen LogP contribution is -2.40. The van der Waals surface area contributed by atoms with E-state index in [-0.39, 0.29) is 5.91 Å². The van der Waals surface area contributed by atoms with Gasteiger partial charge < -0.3 is 14.8 Å². The number of hydrogen-bond donors (Lipinski definition) is 1. The third-order valence-electron chi connectivity index (χ3n) is 3.24. The first-order valence-electron chi connectivity index (χ1n) is 6.35. The number of nitrogens with one attached hydrogen (secondary N) is 1. The minimum atomic E-state index is -0.626. The Labute approximate surface area is 113 Å². The SMILES string of the molecule is C=CCNC(=O)C(C)(C)c1ccc2c(c1)OCCO2. The van der Waals surface area contributed by atoms with Gasteiger partial charge in [0.15, 0.2) is 11.5 Å². The maximum Gasteiger partial charge on any atom is 0.230 e. The number of carbonyl (C=O) groups is 1. The zero-order chi connectivity index (χ0) is 13.9. The summed E-state index contributed by atoms with van der Waals surface area (Å²) >= 11 is 0. The van der Waals surface area contributed by atoms with Crippen molar-refractivity contribution >= 4 is 5.91 Å². The van der Waals surface area contributed by atoms with Crippen LogP contribution in [0.3, 0.4) is 0 Å². The highest BCUT2D eigenvalue weighted by molar-refractivity contribution is 5.87. The molecule has 0 saturated carbocycles.